The van der Waals surface area contributed by atoms with Crippen molar-refractivity contribution in [3.63, 3.8) is 0 Å². The van der Waals surface area contributed by atoms with Gasteiger partial charge in [0.2, 0.25) is 0 Å². The quantitative estimate of drug-likeness (QED) is 0.812. The monoisotopic (exact) mass is 313 g/mol. The fourth-order valence-electron chi connectivity index (χ4n) is 1.92. The molecule has 0 unspecified atom stereocenters. The van der Waals surface area contributed by atoms with Crippen LogP contribution in [0.5, 0.6) is 5.75 Å². The Kier molecular flexibility index (Phi) is 5.24. The number of hydrogen-bond donors (Lipinski definition) is 2. The molecule has 2 N–H and O–H groups in total. The van der Waals surface area contributed by atoms with Crippen LogP contribution >= 0.6 is 23.2 Å². The van der Waals surface area contributed by atoms with Crippen molar-refractivity contribution in [1.29, 1.82) is 0 Å². The third-order valence-corrected chi connectivity index (χ3v) is 3.44. The molecule has 0 saturated heterocycles. The van der Waals surface area contributed by atoms with Crippen molar-refractivity contribution in [1.82, 2.24) is 5.32 Å². The zero-order chi connectivity index (χ0) is 14.5. The minimum Gasteiger partial charge on any atom is -0.508 e. The number of phenolic OH excluding ortho intramolecular Hbond substituents is 1. The van der Waals surface area contributed by atoms with E-state index in [1.54, 1.807) is 12.1 Å². The van der Waals surface area contributed by atoms with E-state index in [0.717, 1.165) is 18.1 Å². The summed E-state index contributed by atoms with van der Waals surface area (Å²) in [6.07, 6.45) is 0.747. The number of rotatable bonds is 5. The smallest absolute Gasteiger partial charge is 0.127 e. The summed E-state index contributed by atoms with van der Waals surface area (Å²) in [5.41, 5.74) is 1.70. The fourth-order valence-corrected chi connectivity index (χ4v) is 2.42. The van der Waals surface area contributed by atoms with E-state index < -0.39 is 5.82 Å². The van der Waals surface area contributed by atoms with Gasteiger partial charge in [-0.2, -0.15) is 0 Å². The average molecular weight is 314 g/mol. The maximum atomic E-state index is 13.1. The Hall–Kier alpha value is -1.29. The highest BCUT2D eigenvalue weighted by atomic mass is 35.5. The van der Waals surface area contributed by atoms with Crippen LogP contribution in [0.15, 0.2) is 36.4 Å². The van der Waals surface area contributed by atoms with Crippen molar-refractivity contribution in [2.45, 2.75) is 13.0 Å². The lowest BCUT2D eigenvalue weighted by molar-refractivity contribution is 0.467. The second kappa shape index (κ2) is 6.93. The predicted octanol–water partition coefficient (Wildman–Crippen LogP) is 4.17. The fraction of sp³-hybridized carbons (Fsp3) is 0.200. The van der Waals surface area contributed by atoms with Gasteiger partial charge in [0, 0.05) is 22.7 Å². The molecule has 106 valence electrons. The summed E-state index contributed by atoms with van der Waals surface area (Å²) in [5.74, 6) is -0.509. The first-order chi connectivity index (χ1) is 9.54. The molecule has 0 saturated carbocycles. The zero-order valence-electron chi connectivity index (χ0n) is 10.7. The van der Waals surface area contributed by atoms with Gasteiger partial charge >= 0.3 is 0 Å². The molecule has 0 aliphatic rings. The van der Waals surface area contributed by atoms with Gasteiger partial charge in [-0.25, -0.2) is 4.39 Å². The molecule has 0 spiro atoms. The molecule has 0 aromatic heterocycles. The van der Waals surface area contributed by atoms with Crippen molar-refractivity contribution in [2.24, 2.45) is 0 Å². The van der Waals surface area contributed by atoms with Crippen molar-refractivity contribution in [3.8, 4) is 5.75 Å². The van der Waals surface area contributed by atoms with Crippen molar-refractivity contribution in [3.05, 3.63) is 63.4 Å². The summed E-state index contributed by atoms with van der Waals surface area (Å²) < 4.78 is 13.1. The molecule has 5 heteroatoms. The van der Waals surface area contributed by atoms with Gasteiger partial charge in [-0.05, 0) is 48.4 Å². The van der Waals surface area contributed by atoms with Crippen molar-refractivity contribution >= 4 is 23.2 Å². The lowest BCUT2D eigenvalue weighted by Crippen LogP contribution is -2.16. The van der Waals surface area contributed by atoms with Crippen LogP contribution < -0.4 is 5.32 Å². The van der Waals surface area contributed by atoms with Crippen LogP contribution in [-0.2, 0) is 13.0 Å². The lowest BCUT2D eigenvalue weighted by atomic mass is 10.1. The van der Waals surface area contributed by atoms with E-state index in [1.165, 1.54) is 12.1 Å². The Morgan fingerprint density at radius 3 is 2.60 bits per heavy atom. The standard InChI is InChI=1S/C15H14Cl2FNO/c16-12-2-1-11(15(17)7-12)3-4-19-9-10-5-13(18)8-14(20)6-10/h1-2,5-8,19-20H,3-4,9H2. The van der Waals surface area contributed by atoms with Crippen LogP contribution in [-0.4, -0.2) is 11.7 Å². The Balaban J connectivity index is 1.84. The van der Waals surface area contributed by atoms with E-state index in [2.05, 4.69) is 5.32 Å². The van der Waals surface area contributed by atoms with E-state index >= 15 is 0 Å². The normalized spacial score (nSPS) is 10.8. The molecule has 2 rings (SSSR count). The molecule has 0 radical (unpaired) electrons. The number of nitrogens with one attached hydrogen (secondary N) is 1. The average Bonchev–Trinajstić information content (AvgIpc) is 2.35. The molecule has 2 nitrogen and oxygen atoms in total. The molecule has 2 aromatic carbocycles. The molecule has 0 amide bonds. The largest absolute Gasteiger partial charge is 0.508 e. The molecule has 0 heterocycles. The van der Waals surface area contributed by atoms with Gasteiger partial charge in [-0.15, -0.1) is 0 Å². The number of hydrogen-bond acceptors (Lipinski definition) is 2. The molecule has 0 atom stereocenters. The maximum absolute atomic E-state index is 13.1. The zero-order valence-corrected chi connectivity index (χ0v) is 12.2. The molecule has 20 heavy (non-hydrogen) atoms. The Morgan fingerprint density at radius 1 is 1.10 bits per heavy atom. The van der Waals surface area contributed by atoms with Gasteiger partial charge in [-0.3, -0.25) is 0 Å². The molecule has 0 aliphatic carbocycles. The molecule has 0 bridgehead atoms. The summed E-state index contributed by atoms with van der Waals surface area (Å²) in [5, 5.41) is 13.7. The first-order valence-electron chi connectivity index (χ1n) is 6.17. The van der Waals surface area contributed by atoms with Crippen molar-refractivity contribution < 1.29 is 9.50 Å². The minimum atomic E-state index is -0.442. The highest BCUT2D eigenvalue weighted by molar-refractivity contribution is 6.35. The molecular weight excluding hydrogens is 300 g/mol. The van der Waals surface area contributed by atoms with Gasteiger partial charge in [0.25, 0.3) is 0 Å². The SMILES string of the molecule is Oc1cc(F)cc(CNCCc2ccc(Cl)cc2Cl)c1. The Labute approximate surface area is 127 Å². The van der Waals surface area contributed by atoms with Gasteiger partial charge in [-0.1, -0.05) is 29.3 Å². The predicted molar refractivity (Wildman–Crippen MR) is 79.9 cm³/mol. The maximum Gasteiger partial charge on any atom is 0.127 e. The Morgan fingerprint density at radius 2 is 1.90 bits per heavy atom. The van der Waals surface area contributed by atoms with Crippen LogP contribution in [0.3, 0.4) is 0 Å². The number of benzene rings is 2. The van der Waals surface area contributed by atoms with Crippen LogP contribution in [0.25, 0.3) is 0 Å². The summed E-state index contributed by atoms with van der Waals surface area (Å²) >= 11 is 11.9. The number of phenols is 1. The highest BCUT2D eigenvalue weighted by Gasteiger charge is 2.02. The van der Waals surface area contributed by atoms with Gasteiger partial charge in [0.15, 0.2) is 0 Å². The second-order valence-corrected chi connectivity index (χ2v) is 5.32. The number of aromatic hydroxyl groups is 1. The third kappa shape index (κ3) is 4.37. The third-order valence-electron chi connectivity index (χ3n) is 2.86. The Bertz CT molecular complexity index is 584. The molecular formula is C15H14Cl2FNO. The summed E-state index contributed by atoms with van der Waals surface area (Å²) in [4.78, 5) is 0. The van der Waals surface area contributed by atoms with E-state index in [9.17, 15) is 9.50 Å². The van der Waals surface area contributed by atoms with E-state index in [0.29, 0.717) is 28.7 Å². The lowest BCUT2D eigenvalue weighted by Gasteiger charge is -2.07. The highest BCUT2D eigenvalue weighted by Crippen LogP contribution is 2.21. The van der Waals surface area contributed by atoms with Crippen LogP contribution in [0.4, 0.5) is 4.39 Å². The number of halogens is 3. The van der Waals surface area contributed by atoms with Crippen LogP contribution in [0, 0.1) is 5.82 Å². The second-order valence-electron chi connectivity index (χ2n) is 4.48. The van der Waals surface area contributed by atoms with Gasteiger partial charge in [0.1, 0.15) is 11.6 Å². The molecule has 2 aromatic rings. The first kappa shape index (κ1) is 15.1. The van der Waals surface area contributed by atoms with Crippen LogP contribution in [0.1, 0.15) is 11.1 Å². The summed E-state index contributed by atoms with van der Waals surface area (Å²) in [6.45, 7) is 1.18. The van der Waals surface area contributed by atoms with Crippen molar-refractivity contribution in [2.75, 3.05) is 6.54 Å². The summed E-state index contributed by atoms with van der Waals surface area (Å²) in [7, 11) is 0. The van der Waals surface area contributed by atoms with Gasteiger partial charge in [0.05, 0.1) is 0 Å². The van der Waals surface area contributed by atoms with Crippen LogP contribution in [0.2, 0.25) is 10.0 Å². The van der Waals surface area contributed by atoms with E-state index in [4.69, 9.17) is 23.2 Å². The minimum absolute atomic E-state index is 0.0671. The first-order valence-corrected chi connectivity index (χ1v) is 6.93. The van der Waals surface area contributed by atoms with E-state index in [-0.39, 0.29) is 5.75 Å². The molecule has 0 aliphatic heterocycles. The van der Waals surface area contributed by atoms with E-state index in [1.807, 2.05) is 6.07 Å². The molecule has 0 fully saturated rings. The topological polar surface area (TPSA) is 32.3 Å². The van der Waals surface area contributed by atoms with Gasteiger partial charge < -0.3 is 10.4 Å². The summed E-state index contributed by atoms with van der Waals surface area (Å²) in [6, 6.07) is 9.40.